The molecule has 1 aromatic rings. The average Bonchev–Trinajstić information content (AvgIpc) is 2.91. The van der Waals surface area contributed by atoms with Crippen LogP contribution in [0.1, 0.15) is 22.3 Å². The largest absolute Gasteiger partial charge is 0.481 e. The van der Waals surface area contributed by atoms with E-state index in [4.69, 9.17) is 4.74 Å². The van der Waals surface area contributed by atoms with Gasteiger partial charge in [-0.3, -0.25) is 19.7 Å². The number of aliphatic carboxylic acids is 1. The van der Waals surface area contributed by atoms with E-state index in [1.54, 1.807) is 0 Å². The fraction of sp³-hybridized carbons (Fsp3) is 0.467. The van der Waals surface area contributed by atoms with E-state index in [0.29, 0.717) is 0 Å². The first-order chi connectivity index (χ1) is 11.2. The summed E-state index contributed by atoms with van der Waals surface area (Å²) in [6.45, 7) is 1.20. The van der Waals surface area contributed by atoms with Gasteiger partial charge < -0.3 is 14.7 Å². The number of carbonyl (C=O) groups excluding carboxylic acids is 1. The van der Waals surface area contributed by atoms with Gasteiger partial charge in [-0.1, -0.05) is 0 Å². The molecule has 0 aliphatic carbocycles. The van der Waals surface area contributed by atoms with E-state index >= 15 is 0 Å². The number of rotatable bonds is 5. The van der Waals surface area contributed by atoms with Gasteiger partial charge >= 0.3 is 5.97 Å². The highest BCUT2D eigenvalue weighted by molar-refractivity contribution is 5.99. The monoisotopic (exact) mass is 340 g/mol. The number of amides is 1. The van der Waals surface area contributed by atoms with Crippen molar-refractivity contribution in [2.75, 3.05) is 26.8 Å². The number of aryl methyl sites for hydroxylation is 1. The number of carbonyl (C=O) groups is 2. The second kappa shape index (κ2) is 6.52. The van der Waals surface area contributed by atoms with Crippen molar-refractivity contribution < 1.29 is 28.7 Å². The molecular formula is C15H17FN2O6. The van der Waals surface area contributed by atoms with Crippen molar-refractivity contribution >= 4 is 17.6 Å². The van der Waals surface area contributed by atoms with Gasteiger partial charge in [-0.2, -0.15) is 0 Å². The Labute approximate surface area is 137 Å². The second-order valence-electron chi connectivity index (χ2n) is 5.87. The van der Waals surface area contributed by atoms with Crippen LogP contribution in [0.3, 0.4) is 0 Å². The van der Waals surface area contributed by atoms with Gasteiger partial charge in [-0.25, -0.2) is 4.39 Å². The Hall–Kier alpha value is -2.55. The van der Waals surface area contributed by atoms with Crippen LogP contribution < -0.4 is 0 Å². The average molecular weight is 340 g/mol. The van der Waals surface area contributed by atoms with Crippen molar-refractivity contribution in [2.24, 2.45) is 5.41 Å². The zero-order valence-electron chi connectivity index (χ0n) is 13.2. The number of carboxylic acids is 1. The topological polar surface area (TPSA) is 110 Å². The second-order valence-corrected chi connectivity index (χ2v) is 5.87. The van der Waals surface area contributed by atoms with Crippen molar-refractivity contribution in [2.45, 2.75) is 13.3 Å². The molecule has 9 heteroatoms. The van der Waals surface area contributed by atoms with Crippen molar-refractivity contribution in [3.63, 3.8) is 0 Å². The number of methoxy groups -OCH3 is 1. The summed E-state index contributed by atoms with van der Waals surface area (Å²) in [7, 11) is 1.36. The first-order valence-electron chi connectivity index (χ1n) is 7.18. The van der Waals surface area contributed by atoms with E-state index in [9.17, 15) is 29.2 Å². The summed E-state index contributed by atoms with van der Waals surface area (Å²) in [4.78, 5) is 35.8. The minimum atomic E-state index is -1.26. The quantitative estimate of drug-likeness (QED) is 0.644. The third-order valence-electron chi connectivity index (χ3n) is 4.19. The number of benzene rings is 1. The summed E-state index contributed by atoms with van der Waals surface area (Å²) in [6, 6.07) is 1.79. The number of nitrogens with zero attached hydrogens (tertiary/aromatic N) is 2. The smallest absolute Gasteiger partial charge is 0.313 e. The molecule has 1 atom stereocenters. The standard InChI is InChI=1S/C15H17FN2O6/c1-9-5-10(16)6-11(12(9)18(22)23)13(19)17-4-3-15(7-17,8-24-2)14(20)21/h5-6H,3-4,7-8H2,1-2H3,(H,20,21). The first kappa shape index (κ1) is 17.8. The van der Waals surface area contributed by atoms with Crippen LogP contribution in [-0.4, -0.2) is 53.6 Å². The van der Waals surface area contributed by atoms with Gasteiger partial charge in [-0.15, -0.1) is 0 Å². The van der Waals surface area contributed by atoms with Gasteiger partial charge in [0.25, 0.3) is 11.6 Å². The minimum Gasteiger partial charge on any atom is -0.481 e. The number of nitro groups is 1. The number of carboxylic acid groups (broad SMARTS) is 1. The molecule has 0 aromatic heterocycles. The zero-order valence-corrected chi connectivity index (χ0v) is 13.2. The normalized spacial score (nSPS) is 20.2. The van der Waals surface area contributed by atoms with Gasteiger partial charge in [0.2, 0.25) is 0 Å². The van der Waals surface area contributed by atoms with Crippen LogP contribution in [0.15, 0.2) is 12.1 Å². The number of nitro benzene ring substituents is 1. The molecule has 24 heavy (non-hydrogen) atoms. The molecule has 130 valence electrons. The fourth-order valence-electron chi connectivity index (χ4n) is 2.99. The van der Waals surface area contributed by atoms with Crippen LogP contribution in [0.2, 0.25) is 0 Å². The lowest BCUT2D eigenvalue weighted by molar-refractivity contribution is -0.385. The third-order valence-corrected chi connectivity index (χ3v) is 4.19. The number of hydrogen-bond donors (Lipinski definition) is 1. The Bertz CT molecular complexity index is 707. The van der Waals surface area contributed by atoms with Crippen LogP contribution in [0.4, 0.5) is 10.1 Å². The predicted octanol–water partition coefficient (Wildman–Crippen LogP) is 1.61. The highest BCUT2D eigenvalue weighted by Gasteiger charge is 2.47. The summed E-state index contributed by atoms with van der Waals surface area (Å²) in [5.41, 5.74) is -2.08. The molecule has 1 amide bonds. The summed E-state index contributed by atoms with van der Waals surface area (Å²) in [6.07, 6.45) is 0.157. The van der Waals surface area contributed by atoms with E-state index in [2.05, 4.69) is 0 Å². The Morgan fingerprint density at radius 1 is 1.50 bits per heavy atom. The van der Waals surface area contributed by atoms with E-state index in [0.717, 1.165) is 12.1 Å². The highest BCUT2D eigenvalue weighted by Crippen LogP contribution is 2.34. The van der Waals surface area contributed by atoms with Crippen LogP contribution in [-0.2, 0) is 9.53 Å². The maximum Gasteiger partial charge on any atom is 0.313 e. The SMILES string of the molecule is COCC1(C(=O)O)CCN(C(=O)c2cc(F)cc(C)c2[N+](=O)[O-])C1. The molecule has 1 aliphatic rings. The zero-order chi connectivity index (χ0) is 18.1. The van der Waals surface area contributed by atoms with E-state index < -0.39 is 33.7 Å². The number of likely N-dealkylation sites (tertiary alicyclic amines) is 1. The molecule has 1 fully saturated rings. The molecule has 0 radical (unpaired) electrons. The van der Waals surface area contributed by atoms with E-state index in [-0.39, 0.29) is 37.2 Å². The van der Waals surface area contributed by atoms with E-state index in [1.165, 1.54) is 18.9 Å². The molecule has 1 heterocycles. The van der Waals surface area contributed by atoms with Gasteiger partial charge in [0, 0.05) is 25.8 Å². The number of hydrogen-bond acceptors (Lipinski definition) is 5. The maximum absolute atomic E-state index is 13.6. The van der Waals surface area contributed by atoms with Crippen molar-refractivity contribution in [1.29, 1.82) is 0 Å². The van der Waals surface area contributed by atoms with Gasteiger partial charge in [0.15, 0.2) is 0 Å². The van der Waals surface area contributed by atoms with E-state index in [1.807, 2.05) is 0 Å². The lowest BCUT2D eigenvalue weighted by atomic mass is 9.88. The van der Waals surface area contributed by atoms with Gasteiger partial charge in [0.05, 0.1) is 11.5 Å². The van der Waals surface area contributed by atoms with Crippen molar-refractivity contribution in [3.8, 4) is 0 Å². The molecule has 1 aliphatic heterocycles. The molecule has 8 nitrogen and oxygen atoms in total. The van der Waals surface area contributed by atoms with Crippen molar-refractivity contribution in [1.82, 2.24) is 4.90 Å². The Kier molecular flexibility index (Phi) is 4.83. The van der Waals surface area contributed by atoms with Crippen LogP contribution >= 0.6 is 0 Å². The summed E-state index contributed by atoms with van der Waals surface area (Å²) in [5.74, 6) is -2.63. The predicted molar refractivity (Wildman–Crippen MR) is 80.3 cm³/mol. The molecule has 0 bridgehead atoms. The van der Waals surface area contributed by atoms with Crippen LogP contribution in [0, 0.1) is 28.3 Å². The first-order valence-corrected chi connectivity index (χ1v) is 7.18. The molecule has 2 rings (SSSR count). The number of ether oxygens (including phenoxy) is 1. The summed E-state index contributed by atoms with van der Waals surface area (Å²) in [5, 5.41) is 20.6. The lowest BCUT2D eigenvalue weighted by Crippen LogP contribution is -2.40. The molecule has 1 saturated heterocycles. The minimum absolute atomic E-state index is 0.0314. The molecule has 1 aromatic carbocycles. The Balaban J connectivity index is 2.37. The lowest BCUT2D eigenvalue weighted by Gasteiger charge is -2.23. The van der Waals surface area contributed by atoms with Crippen LogP contribution in [0.5, 0.6) is 0 Å². The number of halogens is 1. The molecular weight excluding hydrogens is 323 g/mol. The Morgan fingerprint density at radius 3 is 2.71 bits per heavy atom. The van der Waals surface area contributed by atoms with Gasteiger partial charge in [-0.05, 0) is 25.5 Å². The summed E-state index contributed by atoms with van der Waals surface area (Å²) < 4.78 is 18.5. The molecule has 1 unspecified atom stereocenters. The fourth-order valence-corrected chi connectivity index (χ4v) is 2.99. The highest BCUT2D eigenvalue weighted by atomic mass is 19.1. The maximum atomic E-state index is 13.6. The molecule has 0 spiro atoms. The molecule has 1 N–H and O–H groups in total. The van der Waals surface area contributed by atoms with Crippen molar-refractivity contribution in [3.05, 3.63) is 39.2 Å². The van der Waals surface area contributed by atoms with Gasteiger partial charge in [0.1, 0.15) is 16.8 Å². The Morgan fingerprint density at radius 2 is 2.17 bits per heavy atom. The summed E-state index contributed by atoms with van der Waals surface area (Å²) >= 11 is 0. The van der Waals surface area contributed by atoms with Crippen LogP contribution in [0.25, 0.3) is 0 Å². The third kappa shape index (κ3) is 3.07. The molecule has 0 saturated carbocycles.